The molecular weight excluding hydrogens is 248 g/mol. The van der Waals surface area contributed by atoms with Crippen LogP contribution >= 0.6 is 11.6 Å². The second-order valence-electron chi connectivity index (χ2n) is 3.46. The summed E-state index contributed by atoms with van der Waals surface area (Å²) >= 11 is 5.68. The van der Waals surface area contributed by atoms with Crippen molar-refractivity contribution in [3.8, 4) is 0 Å². The van der Waals surface area contributed by atoms with Gasteiger partial charge in [0.1, 0.15) is 5.25 Å². The van der Waals surface area contributed by atoms with Crippen LogP contribution in [0, 0.1) is 0 Å². The van der Waals surface area contributed by atoms with Gasteiger partial charge in [-0.05, 0) is 31.2 Å². The standard InChI is InChI=1S/C11H13ClO3S/c1-3-16(14,15)8(2)11(13)9-4-6-10(12)7-5-9/h4-8H,3H2,1-2H3/t8-/m1/s1. The van der Waals surface area contributed by atoms with Crippen LogP contribution in [0.4, 0.5) is 0 Å². The Kier molecular flexibility index (Phi) is 4.10. The van der Waals surface area contributed by atoms with Gasteiger partial charge in [0.25, 0.3) is 0 Å². The summed E-state index contributed by atoms with van der Waals surface area (Å²) in [6, 6.07) is 6.21. The van der Waals surface area contributed by atoms with Crippen LogP contribution in [0.25, 0.3) is 0 Å². The zero-order valence-electron chi connectivity index (χ0n) is 9.10. The first-order valence-electron chi connectivity index (χ1n) is 4.90. The highest BCUT2D eigenvalue weighted by molar-refractivity contribution is 7.92. The number of carbonyl (C=O) groups excluding carboxylic acids is 1. The topological polar surface area (TPSA) is 51.2 Å². The number of ketones is 1. The van der Waals surface area contributed by atoms with Crippen LogP contribution in [0.3, 0.4) is 0 Å². The smallest absolute Gasteiger partial charge is 0.180 e. The highest BCUT2D eigenvalue weighted by atomic mass is 35.5. The van der Waals surface area contributed by atoms with Crippen LogP contribution in [0.5, 0.6) is 0 Å². The number of rotatable bonds is 4. The molecule has 0 aliphatic carbocycles. The number of hydrogen-bond donors (Lipinski definition) is 0. The minimum atomic E-state index is -3.34. The molecular formula is C11H13ClO3S. The first kappa shape index (κ1) is 13.2. The predicted octanol–water partition coefficient (Wildman–Crippen LogP) is 2.35. The van der Waals surface area contributed by atoms with Crippen molar-refractivity contribution in [2.24, 2.45) is 0 Å². The Labute approximate surface area is 100 Å². The van der Waals surface area contributed by atoms with E-state index in [2.05, 4.69) is 0 Å². The Balaban J connectivity index is 2.99. The van der Waals surface area contributed by atoms with E-state index >= 15 is 0 Å². The zero-order valence-corrected chi connectivity index (χ0v) is 10.7. The molecule has 0 amide bonds. The van der Waals surface area contributed by atoms with Gasteiger partial charge in [0.2, 0.25) is 0 Å². The molecule has 0 unspecified atom stereocenters. The normalized spacial score (nSPS) is 13.4. The minimum Gasteiger partial charge on any atom is -0.293 e. The molecule has 3 nitrogen and oxygen atoms in total. The summed E-state index contributed by atoms with van der Waals surface area (Å²) in [6.07, 6.45) is 0. The molecule has 0 saturated carbocycles. The molecule has 88 valence electrons. The molecule has 0 radical (unpaired) electrons. The van der Waals surface area contributed by atoms with E-state index in [1.54, 1.807) is 12.1 Å². The van der Waals surface area contributed by atoms with Crippen LogP contribution in [0.2, 0.25) is 5.02 Å². The lowest BCUT2D eigenvalue weighted by molar-refractivity contribution is 0.0991. The third kappa shape index (κ3) is 2.83. The molecule has 0 bridgehead atoms. The lowest BCUT2D eigenvalue weighted by Gasteiger charge is -2.10. The number of Topliss-reactive ketones (excluding diaryl/α,β-unsaturated/α-hetero) is 1. The number of hydrogen-bond acceptors (Lipinski definition) is 3. The number of sulfone groups is 1. The van der Waals surface area contributed by atoms with Crippen molar-refractivity contribution in [3.63, 3.8) is 0 Å². The maximum atomic E-state index is 11.8. The zero-order chi connectivity index (χ0) is 12.3. The van der Waals surface area contributed by atoms with Crippen molar-refractivity contribution < 1.29 is 13.2 Å². The molecule has 1 aromatic carbocycles. The third-order valence-corrected chi connectivity index (χ3v) is 4.79. The molecule has 1 rings (SSSR count). The second kappa shape index (κ2) is 4.97. The van der Waals surface area contributed by atoms with Gasteiger partial charge in [-0.15, -0.1) is 0 Å². The summed E-state index contributed by atoms with van der Waals surface area (Å²) < 4.78 is 23.1. The molecule has 0 fully saturated rings. The quantitative estimate of drug-likeness (QED) is 0.781. The van der Waals surface area contributed by atoms with Crippen molar-refractivity contribution in [1.29, 1.82) is 0 Å². The van der Waals surface area contributed by atoms with Crippen molar-refractivity contribution in [3.05, 3.63) is 34.9 Å². The Morgan fingerprint density at radius 2 is 1.81 bits per heavy atom. The van der Waals surface area contributed by atoms with E-state index in [1.165, 1.54) is 26.0 Å². The summed E-state index contributed by atoms with van der Waals surface area (Å²) in [5.41, 5.74) is 0.369. The highest BCUT2D eigenvalue weighted by Gasteiger charge is 2.26. The molecule has 0 saturated heterocycles. The summed E-state index contributed by atoms with van der Waals surface area (Å²) in [4.78, 5) is 11.8. The fourth-order valence-electron chi connectivity index (χ4n) is 1.26. The first-order chi connectivity index (χ1) is 7.38. The maximum absolute atomic E-state index is 11.8. The van der Waals surface area contributed by atoms with Crippen molar-refractivity contribution in [2.45, 2.75) is 19.1 Å². The summed E-state index contributed by atoms with van der Waals surface area (Å²) in [6.45, 7) is 2.94. The molecule has 0 aliphatic rings. The highest BCUT2D eigenvalue weighted by Crippen LogP contribution is 2.14. The first-order valence-corrected chi connectivity index (χ1v) is 6.99. The Hall–Kier alpha value is -0.870. The molecule has 0 N–H and O–H groups in total. The Bertz CT molecular complexity index is 476. The van der Waals surface area contributed by atoms with E-state index in [0.717, 1.165) is 0 Å². The van der Waals surface area contributed by atoms with Gasteiger partial charge in [0.15, 0.2) is 15.6 Å². The lowest BCUT2D eigenvalue weighted by atomic mass is 10.1. The molecule has 1 atom stereocenters. The number of carbonyl (C=O) groups is 1. The fraction of sp³-hybridized carbons (Fsp3) is 0.364. The average Bonchev–Trinajstić information content (AvgIpc) is 2.28. The van der Waals surface area contributed by atoms with Gasteiger partial charge in [-0.2, -0.15) is 0 Å². The van der Waals surface area contributed by atoms with E-state index in [0.29, 0.717) is 10.6 Å². The van der Waals surface area contributed by atoms with Crippen LogP contribution < -0.4 is 0 Å². The van der Waals surface area contributed by atoms with Crippen LogP contribution in [-0.2, 0) is 9.84 Å². The predicted molar refractivity (Wildman–Crippen MR) is 64.7 cm³/mol. The van der Waals surface area contributed by atoms with Crippen molar-refractivity contribution in [1.82, 2.24) is 0 Å². The molecule has 0 heterocycles. The molecule has 5 heteroatoms. The molecule has 0 spiro atoms. The lowest BCUT2D eigenvalue weighted by Crippen LogP contribution is -2.28. The van der Waals surface area contributed by atoms with Crippen molar-refractivity contribution in [2.75, 3.05) is 5.75 Å². The maximum Gasteiger partial charge on any atom is 0.180 e. The number of benzene rings is 1. The van der Waals surface area contributed by atoms with Gasteiger partial charge in [0.05, 0.1) is 0 Å². The summed E-state index contributed by atoms with van der Waals surface area (Å²) in [7, 11) is -3.34. The summed E-state index contributed by atoms with van der Waals surface area (Å²) in [5.74, 6) is -0.424. The Morgan fingerprint density at radius 1 is 1.31 bits per heavy atom. The van der Waals surface area contributed by atoms with E-state index in [4.69, 9.17) is 11.6 Å². The molecule has 0 aliphatic heterocycles. The second-order valence-corrected chi connectivity index (χ2v) is 6.51. The largest absolute Gasteiger partial charge is 0.293 e. The monoisotopic (exact) mass is 260 g/mol. The third-order valence-electron chi connectivity index (χ3n) is 2.44. The van der Waals surface area contributed by atoms with Crippen LogP contribution in [0.15, 0.2) is 24.3 Å². The van der Waals surface area contributed by atoms with Gasteiger partial charge in [0, 0.05) is 16.3 Å². The summed E-state index contributed by atoms with van der Waals surface area (Å²) in [5, 5.41) is -0.485. The fourth-order valence-corrected chi connectivity index (χ4v) is 2.35. The van der Waals surface area contributed by atoms with Gasteiger partial charge in [-0.1, -0.05) is 18.5 Å². The number of halogens is 1. The van der Waals surface area contributed by atoms with Crippen LogP contribution in [-0.4, -0.2) is 25.2 Å². The van der Waals surface area contributed by atoms with E-state index in [9.17, 15) is 13.2 Å². The molecule has 16 heavy (non-hydrogen) atoms. The van der Waals surface area contributed by atoms with E-state index in [1.807, 2.05) is 0 Å². The van der Waals surface area contributed by atoms with E-state index in [-0.39, 0.29) is 5.75 Å². The van der Waals surface area contributed by atoms with E-state index < -0.39 is 20.9 Å². The molecule has 0 aromatic heterocycles. The van der Waals surface area contributed by atoms with Crippen LogP contribution in [0.1, 0.15) is 24.2 Å². The van der Waals surface area contributed by atoms with Gasteiger partial charge in [-0.3, -0.25) is 4.79 Å². The molecule has 1 aromatic rings. The SMILES string of the molecule is CCS(=O)(=O)[C@H](C)C(=O)c1ccc(Cl)cc1. The van der Waals surface area contributed by atoms with Gasteiger partial charge in [-0.25, -0.2) is 8.42 Å². The van der Waals surface area contributed by atoms with Crippen molar-refractivity contribution >= 4 is 27.2 Å². The van der Waals surface area contributed by atoms with Gasteiger partial charge >= 0.3 is 0 Å². The van der Waals surface area contributed by atoms with Gasteiger partial charge < -0.3 is 0 Å². The average molecular weight is 261 g/mol. The minimum absolute atomic E-state index is 0.0342. The Morgan fingerprint density at radius 3 is 2.25 bits per heavy atom.